The third-order valence-electron chi connectivity index (χ3n) is 5.92. The SMILES string of the molecule is C=CCCCCCCCCCCCCCCOCC(CC(C)(C)C)OCc1ccccc1. The Morgan fingerprint density at radius 3 is 1.84 bits per heavy atom. The third-order valence-corrected chi connectivity index (χ3v) is 5.92. The molecule has 184 valence electrons. The van der Waals surface area contributed by atoms with Gasteiger partial charge in [-0.05, 0) is 36.7 Å². The van der Waals surface area contributed by atoms with Crippen LogP contribution >= 0.6 is 0 Å². The Bertz CT molecular complexity index is 532. The maximum atomic E-state index is 6.20. The van der Waals surface area contributed by atoms with E-state index in [1.54, 1.807) is 0 Å². The molecule has 0 heterocycles. The minimum absolute atomic E-state index is 0.164. The molecular weight excluding hydrogens is 392 g/mol. The van der Waals surface area contributed by atoms with Crippen LogP contribution in [0.25, 0.3) is 0 Å². The lowest BCUT2D eigenvalue weighted by Gasteiger charge is -2.26. The number of benzene rings is 1. The van der Waals surface area contributed by atoms with Crippen molar-refractivity contribution in [3.63, 3.8) is 0 Å². The average molecular weight is 445 g/mol. The summed E-state index contributed by atoms with van der Waals surface area (Å²) in [6, 6.07) is 10.4. The zero-order chi connectivity index (χ0) is 23.3. The minimum atomic E-state index is 0.164. The molecule has 0 aliphatic carbocycles. The van der Waals surface area contributed by atoms with Gasteiger partial charge in [-0.1, -0.05) is 121 Å². The predicted octanol–water partition coefficient (Wildman–Crippen LogP) is 9.28. The van der Waals surface area contributed by atoms with Crippen LogP contribution in [0.4, 0.5) is 0 Å². The Balaban J connectivity index is 1.98. The predicted molar refractivity (Wildman–Crippen MR) is 140 cm³/mol. The molecule has 32 heavy (non-hydrogen) atoms. The number of ether oxygens (including phenoxy) is 2. The molecule has 1 atom stereocenters. The van der Waals surface area contributed by atoms with Gasteiger partial charge in [0.15, 0.2) is 0 Å². The summed E-state index contributed by atoms with van der Waals surface area (Å²) in [5.74, 6) is 0. The fourth-order valence-electron chi connectivity index (χ4n) is 4.11. The van der Waals surface area contributed by atoms with E-state index in [2.05, 4.69) is 51.6 Å². The molecule has 0 aliphatic heterocycles. The molecule has 1 aromatic rings. The summed E-state index contributed by atoms with van der Waals surface area (Å²) in [4.78, 5) is 0. The Morgan fingerprint density at radius 1 is 0.781 bits per heavy atom. The van der Waals surface area contributed by atoms with Crippen molar-refractivity contribution in [1.29, 1.82) is 0 Å². The highest BCUT2D eigenvalue weighted by molar-refractivity contribution is 5.13. The van der Waals surface area contributed by atoms with E-state index in [0.717, 1.165) is 13.0 Å². The molecule has 0 amide bonds. The van der Waals surface area contributed by atoms with Gasteiger partial charge < -0.3 is 9.47 Å². The van der Waals surface area contributed by atoms with Crippen molar-refractivity contribution in [2.24, 2.45) is 5.41 Å². The first-order chi connectivity index (χ1) is 15.5. The molecule has 0 saturated heterocycles. The first kappa shape index (κ1) is 28.9. The van der Waals surface area contributed by atoms with Gasteiger partial charge in [-0.15, -0.1) is 6.58 Å². The second-order valence-electron chi connectivity index (χ2n) is 10.6. The monoisotopic (exact) mass is 444 g/mol. The van der Waals surface area contributed by atoms with Crippen molar-refractivity contribution in [2.75, 3.05) is 13.2 Å². The first-order valence-electron chi connectivity index (χ1n) is 13.4. The Morgan fingerprint density at radius 2 is 1.31 bits per heavy atom. The molecule has 0 saturated carbocycles. The van der Waals surface area contributed by atoms with Gasteiger partial charge >= 0.3 is 0 Å². The highest BCUT2D eigenvalue weighted by atomic mass is 16.5. The van der Waals surface area contributed by atoms with Crippen LogP contribution < -0.4 is 0 Å². The second-order valence-corrected chi connectivity index (χ2v) is 10.6. The molecule has 2 nitrogen and oxygen atoms in total. The molecule has 1 aromatic carbocycles. The first-order valence-corrected chi connectivity index (χ1v) is 13.4. The van der Waals surface area contributed by atoms with Gasteiger partial charge in [-0.25, -0.2) is 0 Å². The molecule has 1 unspecified atom stereocenters. The van der Waals surface area contributed by atoms with Crippen molar-refractivity contribution in [2.45, 2.75) is 123 Å². The number of hydrogen-bond donors (Lipinski definition) is 0. The van der Waals surface area contributed by atoms with Crippen LogP contribution in [-0.4, -0.2) is 19.3 Å². The average Bonchev–Trinajstić information content (AvgIpc) is 2.76. The Kier molecular flexibility index (Phi) is 17.5. The fourth-order valence-corrected chi connectivity index (χ4v) is 4.11. The Labute approximate surface area is 200 Å². The normalized spacial score (nSPS) is 12.7. The number of unbranched alkanes of at least 4 members (excludes halogenated alkanes) is 12. The summed E-state index contributed by atoms with van der Waals surface area (Å²) in [5, 5.41) is 0. The van der Waals surface area contributed by atoms with Gasteiger partial charge in [0.1, 0.15) is 0 Å². The largest absolute Gasteiger partial charge is 0.379 e. The van der Waals surface area contributed by atoms with Gasteiger partial charge in [-0.3, -0.25) is 0 Å². The van der Waals surface area contributed by atoms with Gasteiger partial charge in [0.05, 0.1) is 19.3 Å². The maximum absolute atomic E-state index is 6.20. The van der Waals surface area contributed by atoms with E-state index in [4.69, 9.17) is 9.47 Å². The van der Waals surface area contributed by atoms with Crippen LogP contribution in [-0.2, 0) is 16.1 Å². The van der Waals surface area contributed by atoms with E-state index in [0.29, 0.717) is 13.2 Å². The summed E-state index contributed by atoms with van der Waals surface area (Å²) in [6.45, 7) is 12.8. The zero-order valence-electron chi connectivity index (χ0n) is 21.6. The van der Waals surface area contributed by atoms with Crippen LogP contribution in [0.15, 0.2) is 43.0 Å². The third kappa shape index (κ3) is 18.5. The fraction of sp³-hybridized carbons (Fsp3) is 0.733. The number of hydrogen-bond acceptors (Lipinski definition) is 2. The van der Waals surface area contributed by atoms with E-state index in [9.17, 15) is 0 Å². The summed E-state index contributed by atoms with van der Waals surface area (Å²) < 4.78 is 12.2. The molecule has 0 fully saturated rings. The molecule has 0 bridgehead atoms. The molecule has 0 aromatic heterocycles. The van der Waals surface area contributed by atoms with Crippen molar-refractivity contribution >= 4 is 0 Å². The number of allylic oxidation sites excluding steroid dienone is 1. The van der Waals surface area contributed by atoms with Crippen LogP contribution in [0.5, 0.6) is 0 Å². The lowest BCUT2D eigenvalue weighted by molar-refractivity contribution is -0.0430. The van der Waals surface area contributed by atoms with E-state index in [-0.39, 0.29) is 11.5 Å². The number of rotatable bonds is 21. The smallest absolute Gasteiger partial charge is 0.0818 e. The van der Waals surface area contributed by atoms with Gasteiger partial charge in [0.2, 0.25) is 0 Å². The van der Waals surface area contributed by atoms with E-state index < -0.39 is 0 Å². The lowest BCUT2D eigenvalue weighted by Crippen LogP contribution is -2.26. The molecule has 0 aliphatic rings. The summed E-state index contributed by atoms with van der Waals surface area (Å²) in [6.07, 6.45) is 20.8. The summed E-state index contributed by atoms with van der Waals surface area (Å²) in [7, 11) is 0. The molecule has 1 rings (SSSR count). The van der Waals surface area contributed by atoms with Crippen LogP contribution in [0.2, 0.25) is 0 Å². The molecule has 0 N–H and O–H groups in total. The molecule has 0 spiro atoms. The minimum Gasteiger partial charge on any atom is -0.379 e. The van der Waals surface area contributed by atoms with Crippen molar-refractivity contribution in [3.05, 3.63) is 48.6 Å². The topological polar surface area (TPSA) is 18.5 Å². The highest BCUT2D eigenvalue weighted by Gasteiger charge is 2.19. The summed E-state index contributed by atoms with van der Waals surface area (Å²) >= 11 is 0. The van der Waals surface area contributed by atoms with Gasteiger partial charge in [0.25, 0.3) is 0 Å². The second kappa shape index (κ2) is 19.4. The van der Waals surface area contributed by atoms with E-state index in [1.165, 1.54) is 89.0 Å². The molecular formula is C30H52O2. The zero-order valence-corrected chi connectivity index (χ0v) is 21.6. The lowest BCUT2D eigenvalue weighted by atomic mass is 9.89. The van der Waals surface area contributed by atoms with E-state index in [1.807, 2.05) is 12.1 Å². The van der Waals surface area contributed by atoms with Gasteiger partial charge in [-0.2, -0.15) is 0 Å². The molecule has 0 radical (unpaired) electrons. The van der Waals surface area contributed by atoms with E-state index >= 15 is 0 Å². The highest BCUT2D eigenvalue weighted by Crippen LogP contribution is 2.23. The summed E-state index contributed by atoms with van der Waals surface area (Å²) in [5.41, 5.74) is 1.48. The molecule has 2 heteroatoms. The maximum Gasteiger partial charge on any atom is 0.0818 e. The Hall–Kier alpha value is -1.12. The van der Waals surface area contributed by atoms with Crippen LogP contribution in [0.3, 0.4) is 0 Å². The van der Waals surface area contributed by atoms with Crippen molar-refractivity contribution in [1.82, 2.24) is 0 Å². The van der Waals surface area contributed by atoms with Crippen molar-refractivity contribution in [3.8, 4) is 0 Å². The quantitative estimate of drug-likeness (QED) is 0.139. The van der Waals surface area contributed by atoms with Gasteiger partial charge in [0, 0.05) is 6.61 Å². The van der Waals surface area contributed by atoms with Crippen LogP contribution in [0.1, 0.15) is 116 Å². The van der Waals surface area contributed by atoms with Crippen LogP contribution in [0, 0.1) is 5.41 Å². The standard InChI is InChI=1S/C30H52O2/c1-5-6-7-8-9-10-11-12-13-14-15-16-17-21-24-31-27-29(25-30(2,3)4)32-26-28-22-19-18-20-23-28/h5,18-20,22-23,29H,1,6-17,21,24-27H2,2-4H3. The van der Waals surface area contributed by atoms with Crippen molar-refractivity contribution < 1.29 is 9.47 Å².